The van der Waals surface area contributed by atoms with Gasteiger partial charge in [0.25, 0.3) is 5.56 Å². The van der Waals surface area contributed by atoms with Crippen LogP contribution in [0.1, 0.15) is 5.56 Å². The van der Waals surface area contributed by atoms with E-state index in [0.29, 0.717) is 13.3 Å². The molecule has 0 aliphatic carbocycles. The molecule has 0 unspecified atom stereocenters. The first-order chi connectivity index (χ1) is 14.9. The van der Waals surface area contributed by atoms with Gasteiger partial charge in [0.2, 0.25) is 0 Å². The zero-order chi connectivity index (χ0) is 21.8. The van der Waals surface area contributed by atoms with Gasteiger partial charge in [-0.2, -0.15) is 0 Å². The Morgan fingerprint density at radius 1 is 0.903 bits per heavy atom. The number of pyridine rings is 1. The third-order valence-electron chi connectivity index (χ3n) is 5.50. The van der Waals surface area contributed by atoms with E-state index in [2.05, 4.69) is 54.5 Å². The lowest BCUT2D eigenvalue weighted by atomic mass is 10.2. The maximum absolute atomic E-state index is 12.5. The standard InChI is InChI=1S/C26H30N2O2Si/c1-31(2,3)16-15-30-20-28-24-12-8-7-11-22(24)17-25(28)23-13-14-26(29)27(19-23)18-21-9-5-4-6-10-21/h4-14,17,19H,15-16,18,20H2,1-3H3. The van der Waals surface area contributed by atoms with Crippen LogP contribution in [0.4, 0.5) is 0 Å². The SMILES string of the molecule is C[Si](C)(C)CCOCn1c(-c2ccc(=O)n(Cc3ccccc3)c2)cc2ccccc21. The first-order valence-electron chi connectivity index (χ1n) is 10.8. The number of ether oxygens (including phenoxy) is 1. The molecule has 0 atom stereocenters. The van der Waals surface area contributed by atoms with Crippen LogP contribution in [0.25, 0.3) is 22.2 Å². The van der Waals surface area contributed by atoms with E-state index in [1.807, 2.05) is 42.6 Å². The zero-order valence-corrected chi connectivity index (χ0v) is 19.5. The molecule has 0 amide bonds. The Labute approximate surface area is 184 Å². The van der Waals surface area contributed by atoms with Crippen molar-refractivity contribution in [2.24, 2.45) is 0 Å². The average Bonchev–Trinajstić information content (AvgIpc) is 3.11. The molecule has 0 N–H and O–H groups in total. The lowest BCUT2D eigenvalue weighted by Crippen LogP contribution is -2.22. The molecule has 4 nitrogen and oxygen atoms in total. The van der Waals surface area contributed by atoms with Gasteiger partial charge < -0.3 is 13.9 Å². The minimum Gasteiger partial charge on any atom is -0.361 e. The van der Waals surface area contributed by atoms with Crippen molar-refractivity contribution in [3.8, 4) is 11.3 Å². The van der Waals surface area contributed by atoms with Crippen molar-refractivity contribution in [1.29, 1.82) is 0 Å². The highest BCUT2D eigenvalue weighted by Crippen LogP contribution is 2.28. The fraction of sp³-hybridized carbons (Fsp3) is 0.269. The Morgan fingerprint density at radius 3 is 2.42 bits per heavy atom. The molecule has 0 radical (unpaired) electrons. The van der Waals surface area contributed by atoms with Crippen molar-refractivity contribution in [2.75, 3.05) is 6.61 Å². The van der Waals surface area contributed by atoms with Gasteiger partial charge in [0.05, 0.1) is 17.8 Å². The van der Waals surface area contributed by atoms with E-state index in [9.17, 15) is 4.79 Å². The molecular formula is C26H30N2O2Si. The van der Waals surface area contributed by atoms with Gasteiger partial charge in [-0.1, -0.05) is 68.2 Å². The number of nitrogens with zero attached hydrogens (tertiary/aromatic N) is 2. The number of hydrogen-bond donors (Lipinski definition) is 0. The van der Waals surface area contributed by atoms with Crippen LogP contribution < -0.4 is 5.56 Å². The molecule has 0 aliphatic rings. The Balaban J connectivity index is 1.67. The summed E-state index contributed by atoms with van der Waals surface area (Å²) >= 11 is 0. The van der Waals surface area contributed by atoms with Crippen molar-refractivity contribution < 1.29 is 4.74 Å². The second kappa shape index (κ2) is 9.08. The van der Waals surface area contributed by atoms with Crippen LogP contribution in [-0.2, 0) is 18.0 Å². The molecule has 0 aliphatic heterocycles. The summed E-state index contributed by atoms with van der Waals surface area (Å²) in [4.78, 5) is 12.5. The molecule has 4 rings (SSSR count). The molecule has 0 spiro atoms. The van der Waals surface area contributed by atoms with Gasteiger partial charge >= 0.3 is 0 Å². The second-order valence-electron chi connectivity index (χ2n) is 9.23. The summed E-state index contributed by atoms with van der Waals surface area (Å²) in [6, 6.07) is 25.3. The summed E-state index contributed by atoms with van der Waals surface area (Å²) in [5.41, 5.74) is 4.33. The lowest BCUT2D eigenvalue weighted by Gasteiger charge is -2.17. The molecule has 160 valence electrons. The Hall–Kier alpha value is -2.89. The molecule has 0 fully saturated rings. The molecular weight excluding hydrogens is 400 g/mol. The molecule has 5 heteroatoms. The van der Waals surface area contributed by atoms with Crippen molar-refractivity contribution in [3.05, 3.63) is 94.9 Å². The average molecular weight is 431 g/mol. The van der Waals surface area contributed by atoms with Crippen molar-refractivity contribution in [1.82, 2.24) is 9.13 Å². The molecule has 0 saturated carbocycles. The topological polar surface area (TPSA) is 36.2 Å². The summed E-state index contributed by atoms with van der Waals surface area (Å²) < 4.78 is 10.1. The lowest BCUT2D eigenvalue weighted by molar-refractivity contribution is 0.0912. The summed E-state index contributed by atoms with van der Waals surface area (Å²) in [5, 5.41) is 1.17. The number of rotatable bonds is 8. The summed E-state index contributed by atoms with van der Waals surface area (Å²) in [6.45, 7) is 8.93. The van der Waals surface area contributed by atoms with Gasteiger partial charge in [-0.15, -0.1) is 0 Å². The largest absolute Gasteiger partial charge is 0.361 e. The second-order valence-corrected chi connectivity index (χ2v) is 14.9. The van der Waals surface area contributed by atoms with Gasteiger partial charge in [0, 0.05) is 37.9 Å². The van der Waals surface area contributed by atoms with Crippen LogP contribution in [-0.4, -0.2) is 23.8 Å². The van der Waals surface area contributed by atoms with E-state index in [0.717, 1.165) is 35.0 Å². The van der Waals surface area contributed by atoms with E-state index in [1.54, 1.807) is 10.6 Å². The van der Waals surface area contributed by atoms with Gasteiger partial charge in [0.1, 0.15) is 6.73 Å². The van der Waals surface area contributed by atoms with Gasteiger partial charge in [-0.05, 0) is 29.8 Å². The van der Waals surface area contributed by atoms with Crippen molar-refractivity contribution >= 4 is 19.0 Å². The van der Waals surface area contributed by atoms with E-state index in [1.165, 1.54) is 5.39 Å². The number of fused-ring (bicyclic) bond motifs is 1. The predicted octanol–water partition coefficient (Wildman–Crippen LogP) is 5.83. The minimum atomic E-state index is -1.13. The Morgan fingerprint density at radius 2 is 1.65 bits per heavy atom. The van der Waals surface area contributed by atoms with Crippen LogP contribution in [0.5, 0.6) is 0 Å². The number of para-hydroxylation sites is 1. The first-order valence-corrected chi connectivity index (χ1v) is 14.5. The van der Waals surface area contributed by atoms with Gasteiger partial charge in [0.15, 0.2) is 0 Å². The first kappa shape index (κ1) is 21.3. The minimum absolute atomic E-state index is 0.00153. The fourth-order valence-corrected chi connectivity index (χ4v) is 4.47. The normalized spacial score (nSPS) is 11.8. The molecule has 4 aromatic rings. The molecule has 0 bridgehead atoms. The van der Waals surface area contributed by atoms with Gasteiger partial charge in [-0.25, -0.2) is 0 Å². The number of benzene rings is 2. The number of hydrogen-bond acceptors (Lipinski definition) is 2. The van der Waals surface area contributed by atoms with Crippen LogP contribution in [0.2, 0.25) is 25.7 Å². The fourth-order valence-electron chi connectivity index (χ4n) is 3.71. The maximum Gasteiger partial charge on any atom is 0.250 e. The number of aromatic nitrogens is 2. The zero-order valence-electron chi connectivity index (χ0n) is 18.5. The quantitative estimate of drug-likeness (QED) is 0.260. The summed E-state index contributed by atoms with van der Waals surface area (Å²) in [5.74, 6) is 0. The van der Waals surface area contributed by atoms with E-state index in [4.69, 9.17) is 4.74 Å². The van der Waals surface area contributed by atoms with Crippen molar-refractivity contribution in [3.63, 3.8) is 0 Å². The van der Waals surface area contributed by atoms with Crippen LogP contribution in [0.3, 0.4) is 0 Å². The molecule has 2 aromatic carbocycles. The van der Waals surface area contributed by atoms with Crippen LogP contribution in [0, 0.1) is 0 Å². The third kappa shape index (κ3) is 5.24. The third-order valence-corrected chi connectivity index (χ3v) is 7.21. The Kier molecular flexibility index (Phi) is 6.25. The molecule has 2 heterocycles. The Bertz CT molecular complexity index is 1220. The molecule has 2 aromatic heterocycles. The van der Waals surface area contributed by atoms with Gasteiger partial charge in [-0.3, -0.25) is 4.79 Å². The van der Waals surface area contributed by atoms with Crippen molar-refractivity contribution in [2.45, 2.75) is 39.0 Å². The predicted molar refractivity (Wildman–Crippen MR) is 131 cm³/mol. The maximum atomic E-state index is 12.5. The van der Waals surface area contributed by atoms with E-state index in [-0.39, 0.29) is 5.56 Å². The van der Waals surface area contributed by atoms with E-state index < -0.39 is 8.07 Å². The van der Waals surface area contributed by atoms with E-state index >= 15 is 0 Å². The van der Waals surface area contributed by atoms with Crippen LogP contribution in [0.15, 0.2) is 83.8 Å². The summed E-state index contributed by atoms with van der Waals surface area (Å²) in [7, 11) is -1.13. The highest BCUT2D eigenvalue weighted by atomic mass is 28.3. The van der Waals surface area contributed by atoms with Crippen LogP contribution >= 0.6 is 0 Å². The summed E-state index contributed by atoms with van der Waals surface area (Å²) in [6.07, 6.45) is 1.96. The molecule has 0 saturated heterocycles. The smallest absolute Gasteiger partial charge is 0.250 e. The monoisotopic (exact) mass is 430 g/mol. The molecule has 31 heavy (non-hydrogen) atoms. The highest BCUT2D eigenvalue weighted by Gasteiger charge is 2.14. The highest BCUT2D eigenvalue weighted by molar-refractivity contribution is 6.76.